The van der Waals surface area contributed by atoms with Gasteiger partial charge in [-0.2, -0.15) is 0 Å². The topological polar surface area (TPSA) is 102 Å². The van der Waals surface area contributed by atoms with E-state index >= 15 is 0 Å². The second kappa shape index (κ2) is 10.6. The molecule has 32 heavy (non-hydrogen) atoms. The molecule has 0 bridgehead atoms. The number of amides is 2. The summed E-state index contributed by atoms with van der Waals surface area (Å²) < 4.78 is 0. The third-order valence-electron chi connectivity index (χ3n) is 5.53. The fraction of sp³-hybridized carbons (Fsp3) is 0.280. The first kappa shape index (κ1) is 21.6. The van der Waals surface area contributed by atoms with Gasteiger partial charge in [-0.05, 0) is 36.2 Å². The van der Waals surface area contributed by atoms with Gasteiger partial charge in [-0.3, -0.25) is 9.59 Å². The zero-order chi connectivity index (χ0) is 22.2. The molecule has 7 nitrogen and oxygen atoms in total. The zero-order valence-corrected chi connectivity index (χ0v) is 18.0. The van der Waals surface area contributed by atoms with Crippen LogP contribution in [-0.2, 0) is 22.4 Å². The minimum atomic E-state index is 0.0149. The van der Waals surface area contributed by atoms with Gasteiger partial charge in [0.1, 0.15) is 0 Å². The highest BCUT2D eigenvalue weighted by Crippen LogP contribution is 2.18. The van der Waals surface area contributed by atoms with Crippen molar-refractivity contribution in [3.8, 4) is 0 Å². The van der Waals surface area contributed by atoms with Gasteiger partial charge < -0.3 is 25.9 Å². The summed E-state index contributed by atoms with van der Waals surface area (Å²) in [6.07, 6.45) is 5.38. The maximum Gasteiger partial charge on any atom is 0.224 e. The highest BCUT2D eigenvalue weighted by molar-refractivity contribution is 5.89. The number of H-pyrrole nitrogens is 2. The SMILES string of the molecule is O=C(Cc1c[nH]c2ccccc12)NCCCNCCNC(=O)Cc1c[nH]c2ccccc12. The maximum absolute atomic E-state index is 12.2. The molecule has 0 saturated carbocycles. The molecule has 2 heterocycles. The van der Waals surface area contributed by atoms with Crippen LogP contribution in [0.1, 0.15) is 17.5 Å². The van der Waals surface area contributed by atoms with Crippen LogP contribution < -0.4 is 16.0 Å². The van der Waals surface area contributed by atoms with Crippen molar-refractivity contribution in [1.29, 1.82) is 0 Å². The van der Waals surface area contributed by atoms with Crippen molar-refractivity contribution in [3.63, 3.8) is 0 Å². The van der Waals surface area contributed by atoms with Gasteiger partial charge in [0.2, 0.25) is 11.8 Å². The first-order chi connectivity index (χ1) is 15.7. The third-order valence-corrected chi connectivity index (χ3v) is 5.53. The van der Waals surface area contributed by atoms with Crippen LogP contribution in [0.4, 0.5) is 0 Å². The molecule has 2 aromatic heterocycles. The van der Waals surface area contributed by atoms with E-state index in [1.165, 1.54) is 0 Å². The smallest absolute Gasteiger partial charge is 0.224 e. The standard InChI is InChI=1S/C25H29N5O2/c31-24(14-18-16-29-22-8-3-1-6-20(18)22)27-11-5-10-26-12-13-28-25(32)15-19-17-30-23-9-4-2-7-21(19)23/h1-4,6-9,16-17,26,29-30H,5,10-15H2,(H,27,31)(H,28,32). The molecule has 0 aliphatic rings. The Bertz CT molecular complexity index is 1100. The summed E-state index contributed by atoms with van der Waals surface area (Å²) in [5.74, 6) is 0.0420. The summed E-state index contributed by atoms with van der Waals surface area (Å²) in [6, 6.07) is 16.0. The summed E-state index contributed by atoms with van der Waals surface area (Å²) in [7, 11) is 0. The number of carbonyl (C=O) groups excluding carboxylic acids is 2. The van der Waals surface area contributed by atoms with Crippen LogP contribution >= 0.6 is 0 Å². The normalized spacial score (nSPS) is 11.1. The van der Waals surface area contributed by atoms with Gasteiger partial charge in [0, 0.05) is 53.8 Å². The van der Waals surface area contributed by atoms with Crippen molar-refractivity contribution in [1.82, 2.24) is 25.9 Å². The Morgan fingerprint density at radius 1 is 0.656 bits per heavy atom. The molecule has 5 N–H and O–H groups in total. The van der Waals surface area contributed by atoms with Crippen LogP contribution in [0.2, 0.25) is 0 Å². The predicted molar refractivity (Wildman–Crippen MR) is 128 cm³/mol. The van der Waals surface area contributed by atoms with Gasteiger partial charge in [0.15, 0.2) is 0 Å². The molecule has 0 aliphatic heterocycles. The Kier molecular flexibility index (Phi) is 7.19. The summed E-state index contributed by atoms with van der Waals surface area (Å²) >= 11 is 0. The van der Waals surface area contributed by atoms with Gasteiger partial charge in [0.05, 0.1) is 12.8 Å². The number of para-hydroxylation sites is 2. The maximum atomic E-state index is 12.2. The summed E-state index contributed by atoms with van der Waals surface area (Å²) in [5, 5.41) is 11.4. The van der Waals surface area contributed by atoms with Crippen LogP contribution in [0.3, 0.4) is 0 Å². The van der Waals surface area contributed by atoms with Crippen molar-refractivity contribution < 1.29 is 9.59 Å². The average molecular weight is 432 g/mol. The second-order valence-electron chi connectivity index (χ2n) is 7.88. The Morgan fingerprint density at radius 2 is 1.19 bits per heavy atom. The second-order valence-corrected chi connectivity index (χ2v) is 7.88. The number of carbonyl (C=O) groups is 2. The Labute approximate surface area is 187 Å². The van der Waals surface area contributed by atoms with Crippen molar-refractivity contribution in [2.75, 3.05) is 26.2 Å². The molecular weight excluding hydrogens is 402 g/mol. The highest BCUT2D eigenvalue weighted by atomic mass is 16.2. The first-order valence-corrected chi connectivity index (χ1v) is 11.0. The van der Waals surface area contributed by atoms with Crippen LogP contribution in [0.25, 0.3) is 21.8 Å². The van der Waals surface area contributed by atoms with Crippen LogP contribution in [-0.4, -0.2) is 48.0 Å². The van der Waals surface area contributed by atoms with Gasteiger partial charge in [-0.1, -0.05) is 36.4 Å². The Morgan fingerprint density at radius 3 is 1.78 bits per heavy atom. The van der Waals surface area contributed by atoms with E-state index in [-0.39, 0.29) is 11.8 Å². The molecular formula is C25H29N5O2. The molecule has 0 unspecified atom stereocenters. The minimum Gasteiger partial charge on any atom is -0.361 e. The number of rotatable bonds is 11. The molecule has 0 saturated heterocycles. The Balaban J connectivity index is 1.05. The van der Waals surface area contributed by atoms with Crippen molar-refractivity contribution in [2.45, 2.75) is 19.3 Å². The van der Waals surface area contributed by atoms with Gasteiger partial charge in [-0.25, -0.2) is 0 Å². The number of hydrogen-bond donors (Lipinski definition) is 5. The number of fused-ring (bicyclic) bond motifs is 2. The van der Waals surface area contributed by atoms with Gasteiger partial charge in [0.25, 0.3) is 0 Å². The number of benzene rings is 2. The van der Waals surface area contributed by atoms with E-state index in [0.717, 1.165) is 45.9 Å². The molecule has 0 spiro atoms. The summed E-state index contributed by atoms with van der Waals surface area (Å²) in [6.45, 7) is 2.68. The van der Waals surface area contributed by atoms with E-state index in [0.29, 0.717) is 32.5 Å². The van der Waals surface area contributed by atoms with Gasteiger partial charge >= 0.3 is 0 Å². The summed E-state index contributed by atoms with van der Waals surface area (Å²) in [5.41, 5.74) is 4.12. The lowest BCUT2D eigenvalue weighted by molar-refractivity contribution is -0.121. The molecule has 166 valence electrons. The van der Waals surface area contributed by atoms with Crippen LogP contribution in [0.15, 0.2) is 60.9 Å². The molecule has 2 aromatic carbocycles. The summed E-state index contributed by atoms with van der Waals surface area (Å²) in [4.78, 5) is 30.7. The van der Waals surface area contributed by atoms with Crippen LogP contribution in [0, 0.1) is 0 Å². The first-order valence-electron chi connectivity index (χ1n) is 11.0. The number of hydrogen-bond acceptors (Lipinski definition) is 3. The molecule has 0 atom stereocenters. The molecule has 0 radical (unpaired) electrons. The van der Waals surface area contributed by atoms with E-state index in [9.17, 15) is 9.59 Å². The Hall–Kier alpha value is -3.58. The number of aromatic amines is 2. The fourth-order valence-corrected chi connectivity index (χ4v) is 3.88. The monoisotopic (exact) mass is 431 g/mol. The fourth-order valence-electron chi connectivity index (χ4n) is 3.88. The van der Waals surface area contributed by atoms with E-state index in [4.69, 9.17) is 0 Å². The van der Waals surface area contributed by atoms with Gasteiger partial charge in [-0.15, -0.1) is 0 Å². The van der Waals surface area contributed by atoms with Crippen LogP contribution in [0.5, 0.6) is 0 Å². The largest absolute Gasteiger partial charge is 0.361 e. The zero-order valence-electron chi connectivity index (χ0n) is 18.0. The highest BCUT2D eigenvalue weighted by Gasteiger charge is 2.09. The molecule has 2 amide bonds. The van der Waals surface area contributed by atoms with E-state index in [1.807, 2.05) is 60.9 Å². The lowest BCUT2D eigenvalue weighted by Crippen LogP contribution is -2.34. The molecule has 0 aliphatic carbocycles. The molecule has 7 heteroatoms. The molecule has 4 rings (SSSR count). The minimum absolute atomic E-state index is 0.0149. The molecule has 0 fully saturated rings. The van der Waals surface area contributed by atoms with Crippen molar-refractivity contribution in [2.24, 2.45) is 0 Å². The van der Waals surface area contributed by atoms with E-state index in [1.54, 1.807) is 0 Å². The quantitative estimate of drug-likeness (QED) is 0.236. The van der Waals surface area contributed by atoms with E-state index < -0.39 is 0 Å². The molecule has 4 aromatic rings. The predicted octanol–water partition coefficient (Wildman–Crippen LogP) is 2.65. The third kappa shape index (κ3) is 5.56. The lowest BCUT2D eigenvalue weighted by atomic mass is 10.1. The van der Waals surface area contributed by atoms with Crippen molar-refractivity contribution >= 4 is 33.6 Å². The van der Waals surface area contributed by atoms with Crippen molar-refractivity contribution in [3.05, 3.63) is 72.1 Å². The lowest BCUT2D eigenvalue weighted by Gasteiger charge is -2.08. The number of aromatic nitrogens is 2. The van der Waals surface area contributed by atoms with E-state index in [2.05, 4.69) is 25.9 Å². The number of nitrogens with one attached hydrogen (secondary N) is 5. The average Bonchev–Trinajstić information content (AvgIpc) is 3.40.